The molecule has 0 atom stereocenters. The van der Waals surface area contributed by atoms with Crippen LogP contribution in [0.15, 0.2) is 108 Å². The lowest BCUT2D eigenvalue weighted by molar-refractivity contribution is 1.42. The van der Waals surface area contributed by atoms with Crippen LogP contribution in [0, 0.1) is 0 Å². The van der Waals surface area contributed by atoms with Crippen molar-refractivity contribution in [2.24, 2.45) is 0 Å². The van der Waals surface area contributed by atoms with Gasteiger partial charge in [0.05, 0.1) is 20.8 Å². The maximum absolute atomic E-state index is 4.19. The Balaban J connectivity index is 1.41. The highest BCUT2D eigenvalue weighted by Crippen LogP contribution is 2.37. The summed E-state index contributed by atoms with van der Waals surface area (Å²) in [4.78, 5) is 10.8. The molecule has 0 radical (unpaired) electrons. The van der Waals surface area contributed by atoms with Crippen LogP contribution in [0.25, 0.3) is 53.9 Å². The van der Waals surface area contributed by atoms with E-state index >= 15 is 0 Å². The lowest BCUT2D eigenvalue weighted by Crippen LogP contribution is -1.86. The number of benzene rings is 4. The van der Waals surface area contributed by atoms with E-state index in [9.17, 15) is 0 Å². The number of hydrogen-bond acceptors (Lipinski definition) is 4. The van der Waals surface area contributed by atoms with E-state index in [0.29, 0.717) is 0 Å². The summed E-state index contributed by atoms with van der Waals surface area (Å²) in [5, 5.41) is 2.53. The Hall–Kier alpha value is -3.60. The number of fused-ring (bicyclic) bond motifs is 1. The first kappa shape index (κ1) is 19.1. The van der Waals surface area contributed by atoms with Crippen molar-refractivity contribution in [1.29, 1.82) is 0 Å². The van der Waals surface area contributed by atoms with Crippen molar-refractivity contribution >= 4 is 33.4 Å². The van der Waals surface area contributed by atoms with Gasteiger partial charge in [0.2, 0.25) is 0 Å². The third-order valence-electron chi connectivity index (χ3n) is 5.75. The van der Waals surface area contributed by atoms with Gasteiger partial charge in [-0.25, -0.2) is 0 Å². The maximum Gasteiger partial charge on any atom is 0.0797 e. The van der Waals surface area contributed by atoms with Gasteiger partial charge in [0.25, 0.3) is 0 Å². The molecule has 32 heavy (non-hydrogen) atoms. The van der Waals surface area contributed by atoms with E-state index < -0.39 is 0 Å². The van der Waals surface area contributed by atoms with E-state index in [1.54, 1.807) is 22.7 Å². The standard InChI is InChI=1S/C28H18N2S2/c1-2-4-26-24(20-7-11-22(12-8-20)28-16-30-18-32-28)14-13-23(25(26)3-1)19-5-9-21(10-6-19)27-15-29-17-31-27/h1-18H. The van der Waals surface area contributed by atoms with Crippen molar-refractivity contribution < 1.29 is 0 Å². The van der Waals surface area contributed by atoms with Crippen molar-refractivity contribution in [2.75, 3.05) is 0 Å². The van der Waals surface area contributed by atoms with Crippen LogP contribution in [0.5, 0.6) is 0 Å². The van der Waals surface area contributed by atoms with Gasteiger partial charge in [-0.2, -0.15) is 0 Å². The molecule has 2 nitrogen and oxygen atoms in total. The summed E-state index contributed by atoms with van der Waals surface area (Å²) in [6, 6.07) is 30.7. The molecule has 0 bridgehead atoms. The highest BCUT2D eigenvalue weighted by atomic mass is 32.1. The van der Waals surface area contributed by atoms with Crippen LogP contribution in [0.1, 0.15) is 0 Å². The van der Waals surface area contributed by atoms with E-state index in [1.165, 1.54) is 53.9 Å². The Morgan fingerprint density at radius 2 is 0.844 bits per heavy atom. The minimum Gasteiger partial charge on any atom is -0.252 e. The minimum atomic E-state index is 1.19. The molecule has 4 aromatic carbocycles. The zero-order chi connectivity index (χ0) is 21.3. The summed E-state index contributed by atoms with van der Waals surface area (Å²) in [5.41, 5.74) is 11.1. The molecule has 0 aliphatic carbocycles. The number of aromatic nitrogens is 2. The van der Waals surface area contributed by atoms with Gasteiger partial charge in [-0.3, -0.25) is 9.97 Å². The first-order valence-electron chi connectivity index (χ1n) is 10.4. The molecule has 0 unspecified atom stereocenters. The van der Waals surface area contributed by atoms with E-state index in [1.807, 2.05) is 23.4 Å². The SMILES string of the molecule is c1ccc2c(-c3ccc(-c4cncs4)cc3)ccc(-c3ccc(-c4cncs4)cc3)c2c1. The second-order valence-electron chi connectivity index (χ2n) is 7.59. The van der Waals surface area contributed by atoms with Gasteiger partial charge in [-0.15, -0.1) is 22.7 Å². The summed E-state index contributed by atoms with van der Waals surface area (Å²) < 4.78 is 0. The average molecular weight is 447 g/mol. The fraction of sp³-hybridized carbons (Fsp3) is 0. The summed E-state index contributed by atoms with van der Waals surface area (Å²) in [7, 11) is 0. The van der Waals surface area contributed by atoms with Crippen LogP contribution in [-0.4, -0.2) is 9.97 Å². The van der Waals surface area contributed by atoms with Crippen molar-refractivity contribution in [3.05, 3.63) is 108 Å². The Bertz CT molecular complexity index is 1370. The van der Waals surface area contributed by atoms with Gasteiger partial charge in [0, 0.05) is 12.4 Å². The molecule has 2 heterocycles. The molecule has 0 saturated carbocycles. The van der Waals surface area contributed by atoms with E-state index in [0.717, 1.165) is 0 Å². The van der Waals surface area contributed by atoms with E-state index in [4.69, 9.17) is 0 Å². The second-order valence-corrected chi connectivity index (χ2v) is 9.37. The largest absolute Gasteiger partial charge is 0.252 e. The van der Waals surface area contributed by atoms with Crippen LogP contribution in [-0.2, 0) is 0 Å². The molecule has 0 amide bonds. The lowest BCUT2D eigenvalue weighted by atomic mass is 9.91. The number of rotatable bonds is 4. The maximum atomic E-state index is 4.19. The van der Waals surface area contributed by atoms with Crippen molar-refractivity contribution in [3.8, 4) is 43.1 Å². The molecule has 0 spiro atoms. The van der Waals surface area contributed by atoms with Crippen molar-refractivity contribution in [2.45, 2.75) is 0 Å². The average Bonchev–Trinajstić information content (AvgIpc) is 3.59. The van der Waals surface area contributed by atoms with Crippen LogP contribution in [0.3, 0.4) is 0 Å². The first-order chi connectivity index (χ1) is 15.9. The molecule has 0 saturated heterocycles. The van der Waals surface area contributed by atoms with Gasteiger partial charge in [-0.1, -0.05) is 84.9 Å². The van der Waals surface area contributed by atoms with Crippen LogP contribution in [0.4, 0.5) is 0 Å². The zero-order valence-electron chi connectivity index (χ0n) is 17.1. The molecule has 0 aliphatic rings. The van der Waals surface area contributed by atoms with Crippen LogP contribution >= 0.6 is 22.7 Å². The summed E-state index contributed by atoms with van der Waals surface area (Å²) >= 11 is 3.33. The predicted octanol–water partition coefficient (Wildman–Crippen LogP) is 8.42. The summed E-state index contributed by atoms with van der Waals surface area (Å²) in [6.45, 7) is 0. The van der Waals surface area contributed by atoms with Gasteiger partial charge < -0.3 is 0 Å². The molecule has 6 aromatic rings. The van der Waals surface area contributed by atoms with Gasteiger partial charge in [0.15, 0.2) is 0 Å². The topological polar surface area (TPSA) is 25.8 Å². The predicted molar refractivity (Wildman–Crippen MR) is 137 cm³/mol. The Labute approximate surface area is 194 Å². The fourth-order valence-corrected chi connectivity index (χ4v) is 5.41. The molecule has 6 rings (SSSR count). The first-order valence-corrected chi connectivity index (χ1v) is 12.1. The third kappa shape index (κ3) is 3.44. The normalized spacial score (nSPS) is 11.1. The lowest BCUT2D eigenvalue weighted by Gasteiger charge is -2.13. The van der Waals surface area contributed by atoms with E-state index in [-0.39, 0.29) is 0 Å². The molecule has 0 N–H and O–H groups in total. The highest BCUT2D eigenvalue weighted by Gasteiger charge is 2.10. The van der Waals surface area contributed by atoms with Gasteiger partial charge >= 0.3 is 0 Å². The molecular formula is C28H18N2S2. The number of hydrogen-bond donors (Lipinski definition) is 0. The summed E-state index contributed by atoms with van der Waals surface area (Å²) in [5.74, 6) is 0. The van der Waals surface area contributed by atoms with E-state index in [2.05, 4.69) is 94.9 Å². The molecule has 0 fully saturated rings. The molecule has 2 aromatic heterocycles. The quantitative estimate of drug-likeness (QED) is 0.271. The zero-order valence-corrected chi connectivity index (χ0v) is 18.7. The number of thiazole rings is 2. The second kappa shape index (κ2) is 8.15. The Morgan fingerprint density at radius 3 is 1.22 bits per heavy atom. The smallest absolute Gasteiger partial charge is 0.0797 e. The van der Waals surface area contributed by atoms with Gasteiger partial charge in [0.1, 0.15) is 0 Å². The molecular weight excluding hydrogens is 428 g/mol. The highest BCUT2D eigenvalue weighted by molar-refractivity contribution is 7.13. The molecule has 0 aliphatic heterocycles. The van der Waals surface area contributed by atoms with Crippen LogP contribution in [0.2, 0.25) is 0 Å². The van der Waals surface area contributed by atoms with Crippen LogP contribution < -0.4 is 0 Å². The molecule has 4 heteroatoms. The van der Waals surface area contributed by atoms with Crippen molar-refractivity contribution in [3.63, 3.8) is 0 Å². The number of nitrogens with zero attached hydrogens (tertiary/aromatic N) is 2. The minimum absolute atomic E-state index is 1.19. The summed E-state index contributed by atoms with van der Waals surface area (Å²) in [6.07, 6.45) is 3.84. The Kier molecular flexibility index (Phi) is 4.87. The Morgan fingerprint density at radius 1 is 0.438 bits per heavy atom. The fourth-order valence-electron chi connectivity index (χ4n) is 4.15. The third-order valence-corrected chi connectivity index (χ3v) is 7.39. The van der Waals surface area contributed by atoms with Crippen molar-refractivity contribution in [1.82, 2.24) is 9.97 Å². The molecule has 152 valence electrons. The van der Waals surface area contributed by atoms with Gasteiger partial charge in [-0.05, 0) is 44.2 Å². The monoisotopic (exact) mass is 446 g/mol.